The summed E-state index contributed by atoms with van der Waals surface area (Å²) in [5.74, 6) is 0.351. The van der Waals surface area contributed by atoms with Crippen molar-refractivity contribution in [2.24, 2.45) is 0 Å². The van der Waals surface area contributed by atoms with E-state index in [0.29, 0.717) is 34.7 Å². The van der Waals surface area contributed by atoms with Crippen LogP contribution in [0.5, 0.6) is 0 Å². The molecule has 0 unspecified atom stereocenters. The predicted octanol–water partition coefficient (Wildman–Crippen LogP) is 4.47. The van der Waals surface area contributed by atoms with Crippen LogP contribution in [0.4, 0.5) is 13.2 Å². The number of hydrogen-bond donors (Lipinski definition) is 0. The molecule has 2 heterocycles. The van der Waals surface area contributed by atoms with Crippen LogP contribution in [0, 0.1) is 0 Å². The van der Waals surface area contributed by atoms with Gasteiger partial charge in [-0.1, -0.05) is 41.6 Å². The van der Waals surface area contributed by atoms with Gasteiger partial charge in [-0.05, 0) is 37.4 Å². The first kappa shape index (κ1) is 23.6. The van der Waals surface area contributed by atoms with Crippen LogP contribution in [0.3, 0.4) is 0 Å². The minimum atomic E-state index is -4.50. The number of nitrogens with zero attached hydrogens (tertiary/aromatic N) is 5. The van der Waals surface area contributed by atoms with Crippen LogP contribution in [-0.2, 0) is 11.0 Å². The van der Waals surface area contributed by atoms with E-state index in [1.807, 2.05) is 7.05 Å². The summed E-state index contributed by atoms with van der Waals surface area (Å²) in [6.45, 7) is 2.88. The lowest BCUT2D eigenvalue weighted by Crippen LogP contribution is -2.47. The molecule has 11 heteroatoms. The molecule has 1 saturated heterocycles. The fraction of sp³-hybridized carbons (Fsp3) is 0.318. The van der Waals surface area contributed by atoms with E-state index in [9.17, 15) is 18.0 Å². The van der Waals surface area contributed by atoms with E-state index in [4.69, 9.17) is 11.6 Å². The number of amides is 1. The second-order valence-electron chi connectivity index (χ2n) is 7.64. The highest BCUT2D eigenvalue weighted by molar-refractivity contribution is 7.99. The van der Waals surface area contributed by atoms with Gasteiger partial charge in [-0.3, -0.25) is 9.36 Å². The summed E-state index contributed by atoms with van der Waals surface area (Å²) in [6, 6.07) is 11.8. The highest BCUT2D eigenvalue weighted by Gasteiger charge is 2.31. The molecule has 1 fully saturated rings. The van der Waals surface area contributed by atoms with Crippen LogP contribution >= 0.6 is 23.4 Å². The highest BCUT2D eigenvalue weighted by atomic mass is 35.5. The molecule has 2 aromatic carbocycles. The van der Waals surface area contributed by atoms with Crippen LogP contribution in [0.2, 0.25) is 5.02 Å². The first-order valence-electron chi connectivity index (χ1n) is 10.2. The van der Waals surface area contributed by atoms with Crippen LogP contribution in [-0.4, -0.2) is 69.5 Å². The van der Waals surface area contributed by atoms with Crippen molar-refractivity contribution in [1.82, 2.24) is 24.6 Å². The summed E-state index contributed by atoms with van der Waals surface area (Å²) in [5.41, 5.74) is -0.0242. The maximum Gasteiger partial charge on any atom is 0.416 e. The second-order valence-corrected chi connectivity index (χ2v) is 8.99. The maximum absolute atomic E-state index is 13.4. The highest BCUT2D eigenvalue weighted by Crippen LogP contribution is 2.35. The van der Waals surface area contributed by atoms with Gasteiger partial charge < -0.3 is 9.80 Å². The summed E-state index contributed by atoms with van der Waals surface area (Å²) in [7, 11) is 2.00. The van der Waals surface area contributed by atoms with Gasteiger partial charge in [-0.25, -0.2) is 0 Å². The molecule has 0 spiro atoms. The summed E-state index contributed by atoms with van der Waals surface area (Å²) in [5, 5.41) is 9.10. The van der Waals surface area contributed by atoms with E-state index in [2.05, 4.69) is 15.1 Å². The number of hydrogen-bond acceptors (Lipinski definition) is 5. The molecule has 0 aliphatic carbocycles. The number of carbonyl (C=O) groups excluding carboxylic acids is 1. The van der Waals surface area contributed by atoms with E-state index in [-0.39, 0.29) is 17.3 Å². The van der Waals surface area contributed by atoms with Gasteiger partial charge in [0.05, 0.1) is 22.0 Å². The zero-order valence-electron chi connectivity index (χ0n) is 17.7. The molecular formula is C22H21ClF3N5OS. The van der Waals surface area contributed by atoms with Crippen molar-refractivity contribution >= 4 is 29.3 Å². The topological polar surface area (TPSA) is 54.3 Å². The second kappa shape index (κ2) is 9.74. The van der Waals surface area contributed by atoms with Crippen molar-refractivity contribution in [3.05, 3.63) is 59.1 Å². The average Bonchev–Trinajstić information content (AvgIpc) is 3.21. The Kier molecular flexibility index (Phi) is 6.96. The van der Waals surface area contributed by atoms with Crippen molar-refractivity contribution in [1.29, 1.82) is 0 Å². The number of piperazine rings is 1. The number of halogens is 4. The molecule has 174 valence electrons. The smallest absolute Gasteiger partial charge is 0.339 e. The summed E-state index contributed by atoms with van der Waals surface area (Å²) in [6.07, 6.45) is -4.50. The van der Waals surface area contributed by atoms with Gasteiger partial charge in [0.1, 0.15) is 0 Å². The average molecular weight is 496 g/mol. The minimum Gasteiger partial charge on any atom is -0.339 e. The van der Waals surface area contributed by atoms with E-state index < -0.39 is 11.7 Å². The van der Waals surface area contributed by atoms with E-state index in [0.717, 1.165) is 37.0 Å². The van der Waals surface area contributed by atoms with Crippen molar-refractivity contribution in [2.75, 3.05) is 39.0 Å². The Balaban J connectivity index is 1.68. The molecule has 3 aromatic rings. The quantitative estimate of drug-likeness (QED) is 0.489. The van der Waals surface area contributed by atoms with Gasteiger partial charge >= 0.3 is 6.18 Å². The standard InChI is InChI=1S/C22H21ClF3N5OS/c1-29-9-11-30(12-10-29)19(32)14-33-21-28-27-20(17-7-2-3-8-18(17)23)31(21)16-6-4-5-15(13-16)22(24,25)26/h2-8,13H,9-12,14H2,1H3. The van der Waals surface area contributed by atoms with Crippen LogP contribution in [0.1, 0.15) is 5.56 Å². The monoisotopic (exact) mass is 495 g/mol. The largest absolute Gasteiger partial charge is 0.416 e. The number of benzene rings is 2. The lowest BCUT2D eigenvalue weighted by Gasteiger charge is -2.32. The zero-order valence-corrected chi connectivity index (χ0v) is 19.3. The Bertz CT molecular complexity index is 1150. The third-order valence-electron chi connectivity index (χ3n) is 5.36. The minimum absolute atomic E-state index is 0.0500. The lowest BCUT2D eigenvalue weighted by atomic mass is 10.1. The van der Waals surface area contributed by atoms with Crippen molar-refractivity contribution in [3.63, 3.8) is 0 Å². The van der Waals surface area contributed by atoms with Gasteiger partial charge in [-0.15, -0.1) is 10.2 Å². The SMILES string of the molecule is CN1CCN(C(=O)CSc2nnc(-c3ccccc3Cl)n2-c2cccc(C(F)(F)F)c2)CC1. The molecular weight excluding hydrogens is 475 g/mol. The number of aromatic nitrogens is 3. The molecule has 1 aromatic heterocycles. The lowest BCUT2D eigenvalue weighted by molar-refractivity contribution is -0.137. The first-order valence-corrected chi connectivity index (χ1v) is 11.6. The number of rotatable bonds is 5. The molecule has 1 aliphatic heterocycles. The Hall–Kier alpha value is -2.56. The molecule has 1 amide bonds. The van der Waals surface area contributed by atoms with Gasteiger partial charge in [0.15, 0.2) is 11.0 Å². The normalized spacial score (nSPS) is 15.1. The molecule has 0 saturated carbocycles. The molecule has 4 rings (SSSR count). The van der Waals surface area contributed by atoms with Crippen molar-refractivity contribution in [2.45, 2.75) is 11.3 Å². The Morgan fingerprint density at radius 2 is 1.79 bits per heavy atom. The van der Waals surface area contributed by atoms with Crippen LogP contribution in [0.25, 0.3) is 17.1 Å². The number of likely N-dealkylation sites (N-methyl/N-ethyl adjacent to an activating group) is 1. The molecule has 6 nitrogen and oxygen atoms in total. The van der Waals surface area contributed by atoms with Gasteiger partial charge in [0, 0.05) is 31.7 Å². The Morgan fingerprint density at radius 3 is 2.48 bits per heavy atom. The zero-order chi connectivity index (χ0) is 23.6. The fourth-order valence-electron chi connectivity index (χ4n) is 3.51. The number of thioether (sulfide) groups is 1. The molecule has 1 aliphatic rings. The van der Waals surface area contributed by atoms with Crippen LogP contribution < -0.4 is 0 Å². The van der Waals surface area contributed by atoms with Crippen LogP contribution in [0.15, 0.2) is 53.7 Å². The maximum atomic E-state index is 13.4. The molecule has 0 atom stereocenters. The van der Waals surface area contributed by atoms with Crippen molar-refractivity contribution in [3.8, 4) is 17.1 Å². The summed E-state index contributed by atoms with van der Waals surface area (Å²) in [4.78, 5) is 16.6. The van der Waals surface area contributed by atoms with Gasteiger partial charge in [0.25, 0.3) is 0 Å². The number of carbonyl (C=O) groups is 1. The molecule has 0 N–H and O–H groups in total. The number of alkyl halides is 3. The Labute approximate surface area is 198 Å². The molecule has 33 heavy (non-hydrogen) atoms. The molecule has 0 bridgehead atoms. The summed E-state index contributed by atoms with van der Waals surface area (Å²) >= 11 is 7.48. The van der Waals surface area contributed by atoms with E-state index in [1.165, 1.54) is 10.6 Å². The van der Waals surface area contributed by atoms with E-state index >= 15 is 0 Å². The Morgan fingerprint density at radius 1 is 1.06 bits per heavy atom. The van der Waals surface area contributed by atoms with Gasteiger partial charge in [-0.2, -0.15) is 13.2 Å². The van der Waals surface area contributed by atoms with Crippen molar-refractivity contribution < 1.29 is 18.0 Å². The third kappa shape index (κ3) is 5.34. The van der Waals surface area contributed by atoms with Gasteiger partial charge in [0.2, 0.25) is 5.91 Å². The third-order valence-corrected chi connectivity index (χ3v) is 6.60. The fourth-order valence-corrected chi connectivity index (χ4v) is 4.58. The molecule has 0 radical (unpaired) electrons. The first-order chi connectivity index (χ1) is 15.7. The summed E-state index contributed by atoms with van der Waals surface area (Å²) < 4.78 is 41.6. The van der Waals surface area contributed by atoms with E-state index in [1.54, 1.807) is 35.2 Å². The predicted molar refractivity (Wildman–Crippen MR) is 122 cm³/mol.